The van der Waals surface area contributed by atoms with Gasteiger partial charge < -0.3 is 20.8 Å². The number of nitrogens with zero attached hydrogens (tertiary/aromatic N) is 2. The molecule has 1 aromatic heterocycles. The van der Waals surface area contributed by atoms with Crippen molar-refractivity contribution in [2.45, 2.75) is 62.5 Å². The third-order valence-corrected chi connectivity index (χ3v) is 6.96. The molecule has 1 heterocycles. The van der Waals surface area contributed by atoms with Crippen molar-refractivity contribution in [1.29, 1.82) is 0 Å². The average molecular weight is 372 g/mol. The highest BCUT2D eigenvalue weighted by Gasteiger charge is 2.55. The van der Waals surface area contributed by atoms with Crippen molar-refractivity contribution < 1.29 is 15.0 Å². The van der Waals surface area contributed by atoms with Crippen LogP contribution in [0.2, 0.25) is 0 Å². The number of anilines is 1. The maximum absolute atomic E-state index is 13.1. The second-order valence-corrected chi connectivity index (χ2v) is 9.11. The number of aliphatic hydroxyl groups excluding tert-OH is 1. The van der Waals surface area contributed by atoms with Crippen molar-refractivity contribution in [3.63, 3.8) is 0 Å². The number of hydrogen-bond acceptors (Lipinski definition) is 6. The van der Waals surface area contributed by atoms with Crippen LogP contribution in [0.5, 0.6) is 0 Å². The second-order valence-electron chi connectivity index (χ2n) is 9.11. The van der Waals surface area contributed by atoms with Crippen molar-refractivity contribution in [3.05, 3.63) is 17.5 Å². The first-order valence-electron chi connectivity index (χ1n) is 10.3. The minimum atomic E-state index is -0.486. The van der Waals surface area contributed by atoms with Gasteiger partial charge in [-0.2, -0.15) is 0 Å². The summed E-state index contributed by atoms with van der Waals surface area (Å²) in [5.74, 6) is 2.14. The smallest absolute Gasteiger partial charge is 0.254 e. The largest absolute Gasteiger partial charge is 0.395 e. The number of aliphatic hydroxyl groups is 2. The van der Waals surface area contributed by atoms with E-state index in [4.69, 9.17) is 5.11 Å². The fraction of sp³-hybridized carbons (Fsp3) is 0.750. The van der Waals surface area contributed by atoms with Gasteiger partial charge in [-0.15, -0.1) is 0 Å². The van der Waals surface area contributed by atoms with Crippen molar-refractivity contribution in [2.24, 2.45) is 17.8 Å². The Balaban J connectivity index is 1.34. The summed E-state index contributed by atoms with van der Waals surface area (Å²) in [4.78, 5) is 21.9. The first-order chi connectivity index (χ1) is 13.0. The molecule has 4 bridgehead atoms. The predicted octanol–water partition coefficient (Wildman–Crippen LogP) is 1.43. The predicted molar refractivity (Wildman–Crippen MR) is 99.3 cm³/mol. The minimum Gasteiger partial charge on any atom is -0.395 e. The highest BCUT2D eigenvalue weighted by molar-refractivity contribution is 5.95. The van der Waals surface area contributed by atoms with E-state index in [9.17, 15) is 9.90 Å². The van der Waals surface area contributed by atoms with Gasteiger partial charge in [-0.25, -0.2) is 9.97 Å². The number of carbonyl (C=O) groups excluding carboxylic acids is 1. The van der Waals surface area contributed by atoms with E-state index in [1.807, 2.05) is 0 Å². The van der Waals surface area contributed by atoms with Crippen LogP contribution in [0.15, 0.2) is 6.20 Å². The number of amides is 1. The summed E-state index contributed by atoms with van der Waals surface area (Å²) in [7, 11) is 0. The Bertz CT molecular complexity index is 735. The van der Waals surface area contributed by atoms with Crippen LogP contribution in [0.4, 0.5) is 5.95 Å². The van der Waals surface area contributed by atoms with Crippen LogP contribution in [0.1, 0.15) is 66.9 Å². The SMILES string of the molecule is O=C(NC1C2CC3CC1CC(O)(C3)C2)c1cnc(NCCO)nc1C1CC1. The quantitative estimate of drug-likeness (QED) is 0.602. The third kappa shape index (κ3) is 3.21. The number of aromatic nitrogens is 2. The molecular weight excluding hydrogens is 344 g/mol. The number of carbonyl (C=O) groups is 1. The minimum absolute atomic E-state index is 0.0160. The molecule has 5 aliphatic carbocycles. The van der Waals surface area contributed by atoms with Crippen LogP contribution in [-0.4, -0.2) is 50.9 Å². The van der Waals surface area contributed by atoms with E-state index in [2.05, 4.69) is 20.6 Å². The molecule has 7 nitrogen and oxygen atoms in total. The Morgan fingerprint density at radius 1 is 1.22 bits per heavy atom. The number of nitrogens with one attached hydrogen (secondary N) is 2. The molecule has 5 saturated carbocycles. The summed E-state index contributed by atoms with van der Waals surface area (Å²) in [5.41, 5.74) is 0.921. The lowest BCUT2D eigenvalue weighted by Crippen LogP contribution is -2.61. The van der Waals surface area contributed by atoms with Gasteiger partial charge in [0, 0.05) is 24.7 Å². The first kappa shape index (κ1) is 17.4. The summed E-state index contributed by atoms with van der Waals surface area (Å²) in [6.45, 7) is 0.410. The highest BCUT2D eigenvalue weighted by Crippen LogP contribution is 2.55. The van der Waals surface area contributed by atoms with E-state index in [0.717, 1.165) is 50.6 Å². The molecule has 4 N–H and O–H groups in total. The zero-order chi connectivity index (χ0) is 18.6. The van der Waals surface area contributed by atoms with Gasteiger partial charge in [0.15, 0.2) is 0 Å². The number of hydrogen-bond donors (Lipinski definition) is 4. The lowest BCUT2D eigenvalue weighted by Gasteiger charge is -2.58. The average Bonchev–Trinajstić information content (AvgIpc) is 3.46. The van der Waals surface area contributed by atoms with Crippen LogP contribution >= 0.6 is 0 Å². The van der Waals surface area contributed by atoms with Crippen molar-refractivity contribution in [2.75, 3.05) is 18.5 Å². The molecule has 0 aromatic carbocycles. The second kappa shape index (κ2) is 6.41. The fourth-order valence-corrected chi connectivity index (χ4v) is 5.94. The Hall–Kier alpha value is -1.73. The normalized spacial score (nSPS) is 36.7. The van der Waals surface area contributed by atoms with Gasteiger partial charge >= 0.3 is 0 Å². The first-order valence-corrected chi connectivity index (χ1v) is 10.3. The lowest BCUT2D eigenvalue weighted by molar-refractivity contribution is -0.136. The molecule has 146 valence electrons. The lowest BCUT2D eigenvalue weighted by atomic mass is 9.52. The Morgan fingerprint density at radius 3 is 2.59 bits per heavy atom. The maximum atomic E-state index is 13.1. The van der Waals surface area contributed by atoms with E-state index in [1.54, 1.807) is 6.20 Å². The molecule has 27 heavy (non-hydrogen) atoms. The molecule has 0 aliphatic heterocycles. The van der Waals surface area contributed by atoms with Crippen molar-refractivity contribution in [3.8, 4) is 0 Å². The molecule has 2 atom stereocenters. The Morgan fingerprint density at radius 2 is 1.96 bits per heavy atom. The highest BCUT2D eigenvalue weighted by atomic mass is 16.3. The zero-order valence-corrected chi connectivity index (χ0v) is 15.5. The third-order valence-electron chi connectivity index (χ3n) is 6.96. The van der Waals surface area contributed by atoms with Crippen LogP contribution in [0, 0.1) is 17.8 Å². The molecule has 1 amide bonds. The molecule has 5 fully saturated rings. The Kier molecular flexibility index (Phi) is 4.13. The monoisotopic (exact) mass is 372 g/mol. The maximum Gasteiger partial charge on any atom is 0.254 e. The molecule has 5 aliphatic rings. The van der Waals surface area contributed by atoms with Gasteiger partial charge in [0.2, 0.25) is 5.95 Å². The van der Waals surface area contributed by atoms with E-state index >= 15 is 0 Å². The topological polar surface area (TPSA) is 107 Å². The van der Waals surface area contributed by atoms with Crippen LogP contribution < -0.4 is 10.6 Å². The molecule has 0 saturated heterocycles. The van der Waals surface area contributed by atoms with Gasteiger partial charge in [-0.1, -0.05) is 0 Å². The van der Waals surface area contributed by atoms with Gasteiger partial charge in [0.1, 0.15) is 0 Å². The molecule has 7 heteroatoms. The molecule has 0 radical (unpaired) electrons. The van der Waals surface area contributed by atoms with Crippen LogP contribution in [0.3, 0.4) is 0 Å². The van der Waals surface area contributed by atoms with Crippen molar-refractivity contribution >= 4 is 11.9 Å². The van der Waals surface area contributed by atoms with Gasteiger partial charge in [-0.3, -0.25) is 4.79 Å². The summed E-state index contributed by atoms with van der Waals surface area (Å²) in [6.07, 6.45) is 8.57. The van der Waals surface area contributed by atoms with Crippen LogP contribution in [-0.2, 0) is 0 Å². The van der Waals surface area contributed by atoms with Gasteiger partial charge in [-0.05, 0) is 62.7 Å². The summed E-state index contributed by atoms with van der Waals surface area (Å²) in [5, 5.41) is 26.0. The van der Waals surface area contributed by atoms with E-state index in [1.165, 1.54) is 0 Å². The Labute approximate surface area is 159 Å². The summed E-state index contributed by atoms with van der Waals surface area (Å²) < 4.78 is 0. The fourth-order valence-electron chi connectivity index (χ4n) is 5.94. The van der Waals surface area contributed by atoms with Gasteiger partial charge in [0.25, 0.3) is 5.91 Å². The molecule has 6 rings (SSSR count). The molecule has 1 aromatic rings. The summed E-state index contributed by atoms with van der Waals surface area (Å²) >= 11 is 0. The molecule has 2 unspecified atom stereocenters. The number of rotatable bonds is 6. The van der Waals surface area contributed by atoms with E-state index in [0.29, 0.717) is 41.7 Å². The van der Waals surface area contributed by atoms with E-state index < -0.39 is 5.60 Å². The summed E-state index contributed by atoms with van der Waals surface area (Å²) in [6, 6.07) is 0.161. The zero-order valence-electron chi connectivity index (χ0n) is 15.5. The van der Waals surface area contributed by atoms with Crippen molar-refractivity contribution in [1.82, 2.24) is 15.3 Å². The molecule has 0 spiro atoms. The molecular formula is C20H28N4O3. The standard InChI is InChI=1S/C20H28N4O3/c25-4-3-21-19-22-10-15(17(24-19)12-1-2-12)18(26)23-16-13-5-11-6-14(16)9-20(27,7-11)8-13/h10-14,16,25,27H,1-9H2,(H,23,26)(H,21,22,24). The van der Waals surface area contributed by atoms with Crippen LogP contribution in [0.25, 0.3) is 0 Å². The van der Waals surface area contributed by atoms with Gasteiger partial charge in [0.05, 0.1) is 23.5 Å². The van der Waals surface area contributed by atoms with E-state index in [-0.39, 0.29) is 18.6 Å².